The van der Waals surface area contributed by atoms with Gasteiger partial charge in [0.2, 0.25) is 11.8 Å². The van der Waals surface area contributed by atoms with E-state index in [1.54, 1.807) is 48.0 Å². The summed E-state index contributed by atoms with van der Waals surface area (Å²) in [4.78, 5) is 50.0. The Labute approximate surface area is 275 Å². The van der Waals surface area contributed by atoms with Crippen LogP contribution in [0.2, 0.25) is 0 Å². The summed E-state index contributed by atoms with van der Waals surface area (Å²) in [7, 11) is 3.20. The molecule has 5 rings (SSSR count). The summed E-state index contributed by atoms with van der Waals surface area (Å²) in [6, 6.07) is 11.0. The molecule has 2 aliphatic carbocycles. The van der Waals surface area contributed by atoms with Crippen LogP contribution in [-0.4, -0.2) is 65.9 Å². The van der Waals surface area contributed by atoms with Crippen molar-refractivity contribution in [2.45, 2.75) is 71.1 Å². The molecule has 0 spiro atoms. The van der Waals surface area contributed by atoms with E-state index in [-0.39, 0.29) is 25.4 Å². The first-order valence-electron chi connectivity index (χ1n) is 15.8. The third-order valence-corrected chi connectivity index (χ3v) is 8.73. The summed E-state index contributed by atoms with van der Waals surface area (Å²) in [6.07, 6.45) is 1.87. The molecule has 2 aliphatic rings. The average Bonchev–Trinajstić information content (AvgIpc) is 3.59. The first-order valence-corrected chi connectivity index (χ1v) is 15.8. The Morgan fingerprint density at radius 1 is 1.02 bits per heavy atom. The van der Waals surface area contributed by atoms with E-state index in [9.17, 15) is 14.4 Å². The molecule has 11 heteroatoms. The first kappa shape index (κ1) is 33.7. The molecular weight excluding hydrogens is 602 g/mol. The highest BCUT2D eigenvalue weighted by Gasteiger charge is 2.62. The molecule has 0 aliphatic heterocycles. The third kappa shape index (κ3) is 6.89. The second kappa shape index (κ2) is 13.2. The van der Waals surface area contributed by atoms with Gasteiger partial charge in [-0.15, -0.1) is 6.58 Å². The Kier molecular flexibility index (Phi) is 9.47. The number of esters is 2. The minimum atomic E-state index is -1.20. The fourth-order valence-electron chi connectivity index (χ4n) is 6.21. The predicted octanol–water partition coefficient (Wildman–Crippen LogP) is 5.36. The number of aromatic nitrogens is 2. The summed E-state index contributed by atoms with van der Waals surface area (Å²) in [5.41, 5.74) is 0.254. The van der Waals surface area contributed by atoms with Gasteiger partial charge < -0.3 is 29.0 Å². The lowest BCUT2D eigenvalue weighted by Crippen LogP contribution is -2.49. The predicted molar refractivity (Wildman–Crippen MR) is 175 cm³/mol. The number of ether oxygens (including phenoxy) is 5. The van der Waals surface area contributed by atoms with E-state index in [2.05, 4.69) is 11.9 Å². The van der Waals surface area contributed by atoms with Crippen molar-refractivity contribution in [2.75, 3.05) is 20.8 Å². The quantitative estimate of drug-likeness (QED) is 0.214. The molecule has 1 aromatic heterocycles. The largest absolute Gasteiger partial charge is 0.497 e. The molecule has 3 aromatic rings. The van der Waals surface area contributed by atoms with E-state index < -0.39 is 46.9 Å². The van der Waals surface area contributed by atoms with Gasteiger partial charge in [0.1, 0.15) is 28.7 Å². The van der Waals surface area contributed by atoms with Crippen LogP contribution in [0.15, 0.2) is 49.1 Å². The molecule has 5 atom stereocenters. The minimum Gasteiger partial charge on any atom is -0.497 e. The Balaban J connectivity index is 1.49. The molecule has 0 bridgehead atoms. The van der Waals surface area contributed by atoms with Crippen molar-refractivity contribution in [3.63, 3.8) is 0 Å². The molecule has 2 fully saturated rings. The van der Waals surface area contributed by atoms with Crippen LogP contribution in [0.1, 0.15) is 52.5 Å². The first-order chi connectivity index (χ1) is 22.3. The Morgan fingerprint density at radius 2 is 1.72 bits per heavy atom. The maximum atomic E-state index is 13.9. The third-order valence-electron chi connectivity index (χ3n) is 8.73. The van der Waals surface area contributed by atoms with E-state index in [1.807, 2.05) is 43.3 Å². The number of carbonyl (C=O) groups excluding carboxylic acids is 3. The van der Waals surface area contributed by atoms with Crippen LogP contribution < -0.4 is 19.5 Å². The number of hydrogen-bond acceptors (Lipinski definition) is 10. The lowest BCUT2D eigenvalue weighted by molar-refractivity contribution is -0.163. The number of benzene rings is 2. The summed E-state index contributed by atoms with van der Waals surface area (Å²) < 4.78 is 28.5. The zero-order chi connectivity index (χ0) is 34.1. The fourth-order valence-corrected chi connectivity index (χ4v) is 6.21. The Morgan fingerprint density at radius 3 is 2.32 bits per heavy atom. The fraction of sp³-hybridized carbons (Fsp3) is 0.472. The van der Waals surface area contributed by atoms with E-state index >= 15 is 0 Å². The number of rotatable bonds is 11. The van der Waals surface area contributed by atoms with Crippen LogP contribution in [0.4, 0.5) is 0 Å². The maximum Gasteiger partial charge on any atom is 0.332 e. The molecular formula is C36H43N3O8. The molecule has 250 valence electrons. The maximum absolute atomic E-state index is 13.9. The van der Waals surface area contributed by atoms with Gasteiger partial charge in [-0.1, -0.05) is 6.08 Å². The second-order valence-corrected chi connectivity index (χ2v) is 13.1. The van der Waals surface area contributed by atoms with Gasteiger partial charge >= 0.3 is 11.9 Å². The SMILES string of the molecule is C=C[C@@H]1C[C@]1(NC(=O)[C@@H]1C[C@@H](Oc2nc(-c3ccc(OC)cc3)nc3c(C)c(OC)ccc23)C[C@H]1C(=O)OC(C)(C)C)C(=O)OCC. The number of amides is 1. The van der Waals surface area contributed by atoms with Crippen molar-refractivity contribution in [3.8, 4) is 28.8 Å². The van der Waals surface area contributed by atoms with Crippen LogP contribution >= 0.6 is 0 Å². The number of aryl methyl sites for hydroxylation is 1. The van der Waals surface area contributed by atoms with Gasteiger partial charge in [0.15, 0.2) is 5.82 Å². The monoisotopic (exact) mass is 645 g/mol. The highest BCUT2D eigenvalue weighted by molar-refractivity contribution is 5.94. The van der Waals surface area contributed by atoms with Crippen LogP contribution in [0, 0.1) is 24.7 Å². The summed E-state index contributed by atoms with van der Waals surface area (Å²) >= 11 is 0. The zero-order valence-electron chi connectivity index (χ0n) is 28.0. The van der Waals surface area contributed by atoms with Crippen LogP contribution in [-0.2, 0) is 23.9 Å². The summed E-state index contributed by atoms with van der Waals surface area (Å²) in [5, 5.41) is 3.58. The molecule has 11 nitrogen and oxygen atoms in total. The van der Waals surface area contributed by atoms with Gasteiger partial charge in [0.05, 0.1) is 43.6 Å². The topological polar surface area (TPSA) is 135 Å². The lowest BCUT2D eigenvalue weighted by atomic mass is 9.94. The molecule has 0 radical (unpaired) electrons. The van der Waals surface area contributed by atoms with Crippen LogP contribution in [0.3, 0.4) is 0 Å². The highest BCUT2D eigenvalue weighted by atomic mass is 16.6. The number of nitrogens with zero attached hydrogens (tertiary/aromatic N) is 2. The standard InChI is InChI=1S/C36H43N3O8/c1-9-22-19-36(22,34(42)45-10-2)39-31(40)26-17-24(18-27(26)33(41)47-35(4,5)6)46-32-25-15-16-28(44-8)20(3)29(25)37-30(38-32)21-11-13-23(43-7)14-12-21/h9,11-16,22,24,26-27H,1,10,17-19H2,2-8H3,(H,39,40)/t22-,24-,26-,27-,36-/m1/s1. The summed E-state index contributed by atoms with van der Waals surface area (Å²) in [5.74, 6) is -1.22. The van der Waals surface area contributed by atoms with Gasteiger partial charge in [-0.3, -0.25) is 9.59 Å². The molecule has 2 saturated carbocycles. The van der Waals surface area contributed by atoms with E-state index in [1.165, 1.54) is 0 Å². The minimum absolute atomic E-state index is 0.178. The van der Waals surface area contributed by atoms with Gasteiger partial charge in [-0.25, -0.2) is 9.78 Å². The summed E-state index contributed by atoms with van der Waals surface area (Å²) in [6.45, 7) is 13.0. The molecule has 0 unspecified atom stereocenters. The number of methoxy groups -OCH3 is 2. The molecule has 1 heterocycles. The van der Waals surface area contributed by atoms with Gasteiger partial charge in [0, 0.05) is 17.0 Å². The molecule has 1 N–H and O–H groups in total. The molecule has 47 heavy (non-hydrogen) atoms. The number of hydrogen-bond donors (Lipinski definition) is 1. The molecule has 2 aromatic carbocycles. The van der Waals surface area contributed by atoms with E-state index in [0.717, 1.165) is 11.1 Å². The highest BCUT2D eigenvalue weighted by Crippen LogP contribution is 2.47. The van der Waals surface area contributed by atoms with Crippen molar-refractivity contribution >= 4 is 28.7 Å². The van der Waals surface area contributed by atoms with Gasteiger partial charge in [-0.05, 0) is 90.3 Å². The number of carbonyl (C=O) groups is 3. The van der Waals surface area contributed by atoms with Crippen molar-refractivity contribution in [1.82, 2.24) is 15.3 Å². The Bertz CT molecular complexity index is 1680. The number of fused-ring (bicyclic) bond motifs is 1. The smallest absolute Gasteiger partial charge is 0.332 e. The van der Waals surface area contributed by atoms with Crippen LogP contribution in [0.25, 0.3) is 22.3 Å². The van der Waals surface area contributed by atoms with Crippen molar-refractivity contribution < 1.29 is 38.1 Å². The lowest BCUT2D eigenvalue weighted by Gasteiger charge is -2.25. The van der Waals surface area contributed by atoms with E-state index in [0.29, 0.717) is 40.5 Å². The van der Waals surface area contributed by atoms with Gasteiger partial charge in [-0.2, -0.15) is 4.98 Å². The van der Waals surface area contributed by atoms with Crippen molar-refractivity contribution in [2.24, 2.45) is 17.8 Å². The molecule has 1 amide bonds. The van der Waals surface area contributed by atoms with Crippen molar-refractivity contribution in [1.29, 1.82) is 0 Å². The van der Waals surface area contributed by atoms with Crippen molar-refractivity contribution in [3.05, 3.63) is 54.6 Å². The van der Waals surface area contributed by atoms with Gasteiger partial charge in [0.25, 0.3) is 0 Å². The Hall–Kier alpha value is -4.67. The second-order valence-electron chi connectivity index (χ2n) is 13.1. The molecule has 0 saturated heterocycles. The normalized spacial score (nSPS) is 23.5. The van der Waals surface area contributed by atoms with E-state index in [4.69, 9.17) is 33.7 Å². The van der Waals surface area contributed by atoms with Crippen LogP contribution in [0.5, 0.6) is 17.4 Å². The average molecular weight is 646 g/mol. The zero-order valence-corrected chi connectivity index (χ0v) is 28.0. The number of nitrogens with one attached hydrogen (secondary N) is 1.